The fourth-order valence-corrected chi connectivity index (χ4v) is 0.774. The van der Waals surface area contributed by atoms with Crippen molar-refractivity contribution in [1.29, 1.82) is 0 Å². The van der Waals surface area contributed by atoms with Crippen molar-refractivity contribution in [2.75, 3.05) is 0 Å². The van der Waals surface area contributed by atoms with Crippen LogP contribution in [-0.4, -0.2) is 12.0 Å². The van der Waals surface area contributed by atoms with Crippen molar-refractivity contribution in [3.63, 3.8) is 0 Å². The van der Waals surface area contributed by atoms with E-state index in [1.807, 2.05) is 0 Å². The summed E-state index contributed by atoms with van der Waals surface area (Å²) in [6, 6.07) is 0. The Labute approximate surface area is 88.1 Å². The molecule has 0 amide bonds. The van der Waals surface area contributed by atoms with E-state index in [1.54, 1.807) is 20.8 Å². The molecule has 0 saturated carbocycles. The Morgan fingerprint density at radius 2 is 1.93 bits per heavy atom. The van der Waals surface area contributed by atoms with E-state index in [1.165, 1.54) is 0 Å². The summed E-state index contributed by atoms with van der Waals surface area (Å²) >= 11 is 0. The zero-order valence-corrected chi connectivity index (χ0v) is 9.23. The van der Waals surface area contributed by atoms with Crippen LogP contribution < -0.4 is 5.73 Å². The van der Waals surface area contributed by atoms with Crippen LogP contribution >= 0.6 is 0 Å². The summed E-state index contributed by atoms with van der Waals surface area (Å²) in [4.78, 5) is 3.42. The average Bonchev–Trinajstić information content (AvgIpc) is 2.09. The molecular formula is C10H17F3N2. The van der Waals surface area contributed by atoms with Gasteiger partial charge in [-0.25, -0.2) is 4.99 Å². The molecule has 2 nitrogen and oxygen atoms in total. The van der Waals surface area contributed by atoms with Crippen LogP contribution in [0.1, 0.15) is 33.6 Å². The first-order valence-corrected chi connectivity index (χ1v) is 4.90. The van der Waals surface area contributed by atoms with Crippen LogP contribution in [0, 0.1) is 5.92 Å². The van der Waals surface area contributed by atoms with Gasteiger partial charge in [-0.1, -0.05) is 33.3 Å². The maximum Gasteiger partial charge on any atom is 0.433 e. The van der Waals surface area contributed by atoms with Crippen molar-refractivity contribution in [3.05, 3.63) is 11.8 Å². The third kappa shape index (κ3) is 5.44. The van der Waals surface area contributed by atoms with Gasteiger partial charge in [0, 0.05) is 5.92 Å². The van der Waals surface area contributed by atoms with E-state index in [0.717, 1.165) is 6.08 Å². The Hall–Kier alpha value is -1.00. The average molecular weight is 222 g/mol. The lowest BCUT2D eigenvalue weighted by Gasteiger charge is -2.10. The molecular weight excluding hydrogens is 205 g/mol. The molecule has 0 bridgehead atoms. The van der Waals surface area contributed by atoms with Gasteiger partial charge in [-0.3, -0.25) is 0 Å². The zero-order valence-electron chi connectivity index (χ0n) is 9.23. The van der Waals surface area contributed by atoms with Crippen molar-refractivity contribution in [2.45, 2.75) is 39.8 Å². The highest BCUT2D eigenvalue weighted by Crippen LogP contribution is 2.27. The number of nitrogens with two attached hydrogens (primary N) is 1. The molecule has 0 unspecified atom stereocenters. The van der Waals surface area contributed by atoms with Crippen molar-refractivity contribution in [2.24, 2.45) is 16.6 Å². The van der Waals surface area contributed by atoms with Crippen LogP contribution in [0.5, 0.6) is 0 Å². The van der Waals surface area contributed by atoms with E-state index in [-0.39, 0.29) is 11.8 Å². The van der Waals surface area contributed by atoms with Gasteiger partial charge in [-0.15, -0.1) is 0 Å². The number of alkyl halides is 3. The summed E-state index contributed by atoms with van der Waals surface area (Å²) in [7, 11) is 0. The molecule has 0 heterocycles. The molecule has 0 saturated heterocycles. The summed E-state index contributed by atoms with van der Waals surface area (Å²) < 4.78 is 37.3. The molecule has 2 N–H and O–H groups in total. The van der Waals surface area contributed by atoms with Crippen LogP contribution in [0.15, 0.2) is 16.8 Å². The van der Waals surface area contributed by atoms with E-state index in [0.29, 0.717) is 12.8 Å². The van der Waals surface area contributed by atoms with E-state index < -0.39 is 11.9 Å². The largest absolute Gasteiger partial charge is 0.433 e. The third-order valence-electron chi connectivity index (χ3n) is 1.76. The number of halogens is 3. The van der Waals surface area contributed by atoms with Crippen LogP contribution in [-0.2, 0) is 0 Å². The molecule has 0 spiro atoms. The molecule has 0 aliphatic heterocycles. The second-order valence-corrected chi connectivity index (χ2v) is 3.57. The minimum Gasteiger partial charge on any atom is -0.387 e. The molecule has 0 aromatic carbocycles. The molecule has 0 aliphatic carbocycles. The first-order chi connectivity index (χ1) is 6.79. The van der Waals surface area contributed by atoms with Crippen molar-refractivity contribution in [3.8, 4) is 0 Å². The van der Waals surface area contributed by atoms with Gasteiger partial charge in [0.1, 0.15) is 11.5 Å². The quantitative estimate of drug-likeness (QED) is 0.575. The molecule has 0 aromatic heterocycles. The Balaban J connectivity index is 4.90. The molecule has 0 rings (SSSR count). The molecule has 5 heteroatoms. The topological polar surface area (TPSA) is 38.4 Å². The van der Waals surface area contributed by atoms with Crippen LogP contribution in [0.25, 0.3) is 0 Å². The fourth-order valence-electron chi connectivity index (χ4n) is 0.774. The molecule has 0 radical (unpaired) electrons. The highest BCUT2D eigenvalue weighted by molar-refractivity contribution is 5.83. The fraction of sp³-hybridized carbons (Fsp3) is 0.700. The minimum atomic E-state index is -4.42. The maximum absolute atomic E-state index is 12.4. The maximum atomic E-state index is 12.4. The van der Waals surface area contributed by atoms with Crippen molar-refractivity contribution in [1.82, 2.24) is 0 Å². The van der Waals surface area contributed by atoms with E-state index >= 15 is 0 Å². The predicted molar refractivity (Wildman–Crippen MR) is 55.5 cm³/mol. The van der Waals surface area contributed by atoms with Crippen molar-refractivity contribution < 1.29 is 13.2 Å². The summed E-state index contributed by atoms with van der Waals surface area (Å²) in [6.45, 7) is 5.21. The Morgan fingerprint density at radius 3 is 2.27 bits per heavy atom. The second-order valence-electron chi connectivity index (χ2n) is 3.57. The molecule has 15 heavy (non-hydrogen) atoms. The van der Waals surface area contributed by atoms with Gasteiger partial charge in [0.05, 0.1) is 0 Å². The molecule has 0 fully saturated rings. The van der Waals surface area contributed by atoms with Crippen LogP contribution in [0.2, 0.25) is 0 Å². The Bertz CT molecular complexity index is 252. The smallest absolute Gasteiger partial charge is 0.387 e. The monoisotopic (exact) mass is 222 g/mol. The van der Waals surface area contributed by atoms with Gasteiger partial charge in [0.2, 0.25) is 0 Å². The summed E-state index contributed by atoms with van der Waals surface area (Å²) in [6.07, 6.45) is -2.34. The summed E-state index contributed by atoms with van der Waals surface area (Å²) in [5.41, 5.74) is 4.50. The molecule has 0 aromatic rings. The standard InChI is InChI=1S/C10H17F3N2/c1-4-5-6-8(10(11,12)13)15-9(14)7(2)3/h6-7H,4-5H2,1-3H3,(H2,14,15)/b8-6-. The zero-order chi connectivity index (χ0) is 12.1. The number of amidine groups is 1. The Morgan fingerprint density at radius 1 is 1.40 bits per heavy atom. The normalized spacial score (nSPS) is 14.9. The number of allylic oxidation sites excluding steroid dienone is 2. The van der Waals surface area contributed by atoms with E-state index in [2.05, 4.69) is 4.99 Å². The third-order valence-corrected chi connectivity index (χ3v) is 1.76. The molecule has 0 atom stereocenters. The van der Waals surface area contributed by atoms with Gasteiger partial charge in [0.25, 0.3) is 0 Å². The summed E-state index contributed by atoms with van der Waals surface area (Å²) in [5.74, 6) is -0.174. The molecule has 88 valence electrons. The predicted octanol–water partition coefficient (Wildman–Crippen LogP) is 3.25. The Kier molecular flexibility index (Phi) is 5.39. The lowest BCUT2D eigenvalue weighted by Crippen LogP contribution is -2.21. The van der Waals surface area contributed by atoms with Crippen molar-refractivity contribution >= 4 is 5.84 Å². The highest BCUT2D eigenvalue weighted by Gasteiger charge is 2.33. The lowest BCUT2D eigenvalue weighted by atomic mass is 10.2. The van der Waals surface area contributed by atoms with Gasteiger partial charge in [0.15, 0.2) is 0 Å². The SMILES string of the molecule is CCC/C=C(\N=C(/N)C(C)C)C(F)(F)F. The number of hydrogen-bond acceptors (Lipinski definition) is 1. The van der Waals surface area contributed by atoms with Crippen LogP contribution in [0.4, 0.5) is 13.2 Å². The number of unbranched alkanes of at least 4 members (excludes halogenated alkanes) is 1. The summed E-state index contributed by atoms with van der Waals surface area (Å²) in [5, 5.41) is 0. The van der Waals surface area contributed by atoms with Crippen LogP contribution in [0.3, 0.4) is 0 Å². The highest BCUT2D eigenvalue weighted by atomic mass is 19.4. The van der Waals surface area contributed by atoms with Gasteiger partial charge >= 0.3 is 6.18 Å². The number of aliphatic imine (C=N–C) groups is 1. The first kappa shape index (κ1) is 14.0. The van der Waals surface area contributed by atoms with Gasteiger partial charge in [-0.05, 0) is 6.42 Å². The number of rotatable bonds is 4. The molecule has 0 aliphatic rings. The lowest BCUT2D eigenvalue weighted by molar-refractivity contribution is -0.0926. The first-order valence-electron chi connectivity index (χ1n) is 4.90. The van der Waals surface area contributed by atoms with Gasteiger partial charge in [-0.2, -0.15) is 13.2 Å². The minimum absolute atomic E-state index is 0.00896. The number of hydrogen-bond donors (Lipinski definition) is 1. The number of nitrogens with zero attached hydrogens (tertiary/aromatic N) is 1. The van der Waals surface area contributed by atoms with Gasteiger partial charge < -0.3 is 5.73 Å². The van der Waals surface area contributed by atoms with E-state index in [9.17, 15) is 13.2 Å². The second kappa shape index (κ2) is 5.78. The van der Waals surface area contributed by atoms with E-state index in [4.69, 9.17) is 5.73 Å².